The quantitative estimate of drug-likeness (QED) is 0.766. The van der Waals surface area contributed by atoms with Crippen LogP contribution in [0.5, 0.6) is 0 Å². The molecule has 1 atom stereocenters. The molecule has 4 N–H and O–H groups in total. The predicted molar refractivity (Wildman–Crippen MR) is 88.7 cm³/mol. The molecule has 0 aromatic heterocycles. The number of benzene rings is 1. The monoisotopic (exact) mass is 347 g/mol. The fourth-order valence-electron chi connectivity index (χ4n) is 2.49. The van der Waals surface area contributed by atoms with Crippen molar-refractivity contribution in [2.45, 2.75) is 43.5 Å². The van der Waals surface area contributed by atoms with E-state index < -0.39 is 10.0 Å². The van der Waals surface area contributed by atoms with E-state index in [9.17, 15) is 13.2 Å². The van der Waals surface area contributed by atoms with Gasteiger partial charge in [0, 0.05) is 5.69 Å². The number of sulfonamides is 1. The van der Waals surface area contributed by atoms with Gasteiger partial charge in [0.05, 0.1) is 10.9 Å². The number of amides is 1. The van der Waals surface area contributed by atoms with E-state index in [0.717, 1.165) is 25.8 Å². The molecule has 6 nitrogen and oxygen atoms in total. The van der Waals surface area contributed by atoms with Crippen molar-refractivity contribution in [3.63, 3.8) is 0 Å². The zero-order valence-electron chi connectivity index (χ0n) is 12.5. The van der Waals surface area contributed by atoms with Crippen LogP contribution in [0.2, 0.25) is 0 Å². The normalized spacial score (nSPS) is 18.4. The first-order chi connectivity index (χ1) is 9.91. The number of carbonyl (C=O) groups excluding carboxylic acids is 1. The van der Waals surface area contributed by atoms with Crippen LogP contribution in [0, 0.1) is 0 Å². The Bertz CT molecular complexity index is 628. The van der Waals surface area contributed by atoms with Gasteiger partial charge in [-0.3, -0.25) is 4.79 Å². The molecule has 1 aromatic rings. The van der Waals surface area contributed by atoms with Gasteiger partial charge in [0.15, 0.2) is 0 Å². The number of aryl methyl sites for hydroxylation is 1. The molecule has 1 aliphatic heterocycles. The van der Waals surface area contributed by atoms with E-state index in [-0.39, 0.29) is 29.3 Å². The summed E-state index contributed by atoms with van der Waals surface area (Å²) in [6.07, 6.45) is 3.44. The number of carbonyl (C=O) groups is 1. The number of nitrogens with one attached hydrogen (secondary N) is 2. The molecule has 2 rings (SSSR count). The summed E-state index contributed by atoms with van der Waals surface area (Å²) in [6.45, 7) is 2.68. The Kier molecular flexibility index (Phi) is 6.80. The van der Waals surface area contributed by atoms with Gasteiger partial charge in [-0.1, -0.05) is 19.4 Å². The first kappa shape index (κ1) is 18.9. The highest BCUT2D eigenvalue weighted by atomic mass is 35.5. The minimum absolute atomic E-state index is 0. The maximum absolute atomic E-state index is 12.1. The highest BCUT2D eigenvalue weighted by Gasteiger charge is 2.21. The Morgan fingerprint density at radius 2 is 2.14 bits per heavy atom. The molecular formula is C14H22ClN3O3S. The molecule has 1 heterocycles. The molecule has 1 aliphatic rings. The SMILES string of the molecule is CCc1ccc(NC(=O)C2CCCCN2)cc1S(N)(=O)=O.Cl. The summed E-state index contributed by atoms with van der Waals surface area (Å²) in [5.74, 6) is -0.140. The Morgan fingerprint density at radius 1 is 1.41 bits per heavy atom. The van der Waals surface area contributed by atoms with Crippen LogP contribution in [-0.4, -0.2) is 26.9 Å². The van der Waals surface area contributed by atoms with Gasteiger partial charge in [-0.2, -0.15) is 0 Å². The molecule has 1 unspecified atom stereocenters. The second-order valence-corrected chi connectivity index (χ2v) is 6.74. The van der Waals surface area contributed by atoms with E-state index in [1.165, 1.54) is 6.07 Å². The predicted octanol–water partition coefficient (Wildman–Crippen LogP) is 1.40. The molecule has 0 aliphatic carbocycles. The second kappa shape index (κ2) is 7.92. The first-order valence-electron chi connectivity index (χ1n) is 7.12. The van der Waals surface area contributed by atoms with Crippen molar-refractivity contribution in [2.75, 3.05) is 11.9 Å². The lowest BCUT2D eigenvalue weighted by molar-refractivity contribution is -0.118. The van der Waals surface area contributed by atoms with Crippen LogP contribution >= 0.6 is 12.4 Å². The number of rotatable bonds is 4. The molecule has 1 aromatic carbocycles. The molecular weight excluding hydrogens is 326 g/mol. The smallest absolute Gasteiger partial charge is 0.241 e. The molecule has 0 radical (unpaired) electrons. The van der Waals surface area contributed by atoms with E-state index in [2.05, 4.69) is 10.6 Å². The maximum atomic E-state index is 12.1. The van der Waals surface area contributed by atoms with Gasteiger partial charge in [0.25, 0.3) is 0 Å². The third-order valence-electron chi connectivity index (χ3n) is 3.65. The minimum Gasteiger partial charge on any atom is -0.325 e. The van der Waals surface area contributed by atoms with Crippen LogP contribution in [0.4, 0.5) is 5.69 Å². The van der Waals surface area contributed by atoms with Crippen LogP contribution in [-0.2, 0) is 21.2 Å². The number of anilines is 1. The Hall–Kier alpha value is -1.15. The molecule has 0 saturated carbocycles. The minimum atomic E-state index is -3.80. The molecule has 1 saturated heterocycles. The molecule has 1 amide bonds. The Labute approximate surface area is 137 Å². The Morgan fingerprint density at radius 3 is 2.68 bits per heavy atom. The van der Waals surface area contributed by atoms with Crippen molar-refractivity contribution in [2.24, 2.45) is 5.14 Å². The number of nitrogens with two attached hydrogens (primary N) is 1. The zero-order chi connectivity index (χ0) is 15.5. The van der Waals surface area contributed by atoms with Crippen molar-refractivity contribution in [3.05, 3.63) is 23.8 Å². The van der Waals surface area contributed by atoms with Crippen molar-refractivity contribution >= 4 is 34.0 Å². The Balaban J connectivity index is 0.00000242. The summed E-state index contributed by atoms with van der Waals surface area (Å²) < 4.78 is 23.2. The van der Waals surface area contributed by atoms with Crippen LogP contribution < -0.4 is 15.8 Å². The fraction of sp³-hybridized carbons (Fsp3) is 0.500. The van der Waals surface area contributed by atoms with Crippen molar-refractivity contribution in [3.8, 4) is 0 Å². The summed E-state index contributed by atoms with van der Waals surface area (Å²) in [4.78, 5) is 12.2. The van der Waals surface area contributed by atoms with Crippen LogP contribution in [0.1, 0.15) is 31.7 Å². The van der Waals surface area contributed by atoms with Gasteiger partial charge >= 0.3 is 0 Å². The molecule has 124 valence electrons. The zero-order valence-corrected chi connectivity index (χ0v) is 14.1. The lowest BCUT2D eigenvalue weighted by atomic mass is 10.0. The topological polar surface area (TPSA) is 101 Å². The van der Waals surface area contributed by atoms with E-state index in [1.807, 2.05) is 6.92 Å². The molecule has 8 heteroatoms. The average Bonchev–Trinajstić information content (AvgIpc) is 2.47. The van der Waals surface area contributed by atoms with Gasteiger partial charge in [-0.05, 0) is 43.5 Å². The van der Waals surface area contributed by atoms with E-state index in [1.54, 1.807) is 12.1 Å². The maximum Gasteiger partial charge on any atom is 0.241 e. The van der Waals surface area contributed by atoms with Crippen molar-refractivity contribution in [1.82, 2.24) is 5.32 Å². The third-order valence-corrected chi connectivity index (χ3v) is 4.64. The number of piperidine rings is 1. The van der Waals surface area contributed by atoms with E-state index >= 15 is 0 Å². The van der Waals surface area contributed by atoms with Crippen LogP contribution in [0.15, 0.2) is 23.1 Å². The number of halogens is 1. The average molecular weight is 348 g/mol. The van der Waals surface area contributed by atoms with Gasteiger partial charge in [-0.25, -0.2) is 13.6 Å². The third kappa shape index (κ3) is 4.67. The van der Waals surface area contributed by atoms with E-state index in [0.29, 0.717) is 17.7 Å². The van der Waals surface area contributed by atoms with Crippen molar-refractivity contribution < 1.29 is 13.2 Å². The number of hydrogen-bond donors (Lipinski definition) is 3. The summed E-state index contributed by atoms with van der Waals surface area (Å²) in [7, 11) is -3.80. The largest absolute Gasteiger partial charge is 0.325 e. The molecule has 0 spiro atoms. The van der Waals surface area contributed by atoms with Crippen LogP contribution in [0.3, 0.4) is 0 Å². The molecule has 1 fully saturated rings. The number of hydrogen-bond acceptors (Lipinski definition) is 4. The van der Waals surface area contributed by atoms with Gasteiger partial charge in [0.1, 0.15) is 0 Å². The lowest BCUT2D eigenvalue weighted by Gasteiger charge is -2.22. The highest BCUT2D eigenvalue weighted by Crippen LogP contribution is 2.21. The first-order valence-corrected chi connectivity index (χ1v) is 8.66. The van der Waals surface area contributed by atoms with Crippen molar-refractivity contribution in [1.29, 1.82) is 0 Å². The van der Waals surface area contributed by atoms with Gasteiger partial charge < -0.3 is 10.6 Å². The molecule has 0 bridgehead atoms. The highest BCUT2D eigenvalue weighted by molar-refractivity contribution is 7.89. The summed E-state index contributed by atoms with van der Waals surface area (Å²) >= 11 is 0. The molecule has 22 heavy (non-hydrogen) atoms. The fourth-order valence-corrected chi connectivity index (χ4v) is 3.36. The van der Waals surface area contributed by atoms with E-state index in [4.69, 9.17) is 5.14 Å². The summed E-state index contributed by atoms with van der Waals surface area (Å²) in [6, 6.07) is 4.59. The second-order valence-electron chi connectivity index (χ2n) is 5.21. The lowest BCUT2D eigenvalue weighted by Crippen LogP contribution is -2.43. The number of primary sulfonamides is 1. The van der Waals surface area contributed by atoms with Crippen LogP contribution in [0.25, 0.3) is 0 Å². The van der Waals surface area contributed by atoms with Gasteiger partial charge in [-0.15, -0.1) is 12.4 Å². The standard InChI is InChI=1S/C14H21N3O3S.ClH/c1-2-10-6-7-11(9-13(10)21(15,19)20)17-14(18)12-5-3-4-8-16-12;/h6-7,9,12,16H,2-5,8H2,1H3,(H,17,18)(H2,15,19,20);1H. The van der Waals surface area contributed by atoms with Gasteiger partial charge in [0.2, 0.25) is 15.9 Å². The summed E-state index contributed by atoms with van der Waals surface area (Å²) in [5.41, 5.74) is 1.10. The summed E-state index contributed by atoms with van der Waals surface area (Å²) in [5, 5.41) is 11.1.